The molecule has 0 aromatic heterocycles. The van der Waals surface area contributed by atoms with E-state index in [1.54, 1.807) is 0 Å². The molecule has 4 nitrogen and oxygen atoms in total. The van der Waals surface area contributed by atoms with Gasteiger partial charge in [-0.3, -0.25) is 0 Å². The topological polar surface area (TPSA) is 63.6 Å². The van der Waals surface area contributed by atoms with Gasteiger partial charge >= 0.3 is 9.24 Å². The lowest BCUT2D eigenvalue weighted by Gasteiger charge is -2.05. The van der Waals surface area contributed by atoms with Crippen molar-refractivity contribution in [1.29, 1.82) is 0 Å². The van der Waals surface area contributed by atoms with E-state index in [-0.39, 0.29) is 10.6 Å². The van der Waals surface area contributed by atoms with E-state index < -0.39 is 24.8 Å². The van der Waals surface area contributed by atoms with Gasteiger partial charge in [-0.15, -0.1) is 0 Å². The van der Waals surface area contributed by atoms with Gasteiger partial charge in [-0.2, -0.15) is 8.42 Å². The monoisotopic (exact) mass is 285 g/mol. The van der Waals surface area contributed by atoms with E-state index in [4.69, 9.17) is 10.7 Å². The maximum absolute atomic E-state index is 12.6. The molecule has 0 bridgehead atoms. The van der Waals surface area contributed by atoms with Crippen molar-refractivity contribution in [1.82, 2.24) is 0 Å². The van der Waals surface area contributed by atoms with Gasteiger partial charge in [0, 0.05) is 21.3 Å². The molecule has 8 heteroatoms. The molecule has 0 fully saturated rings. The molecule has 0 radical (unpaired) electrons. The summed E-state index contributed by atoms with van der Waals surface area (Å²) >= 11 is 0. The smallest absolute Gasteiger partial charge is 0.244 e. The SMILES string of the molecule is CCS(=O)(=NS(=O)(=O)Cl)c1ccc(F)cc1. The van der Waals surface area contributed by atoms with Crippen LogP contribution in [0, 0.1) is 5.82 Å². The Kier molecular flexibility index (Phi) is 3.92. The van der Waals surface area contributed by atoms with Crippen molar-refractivity contribution in [3.63, 3.8) is 0 Å². The molecule has 0 saturated carbocycles. The Bertz CT molecular complexity index is 588. The standard InChI is InChI=1S/C8H9ClFNO3S2/c1-2-15(12,11-16(9,13)14)8-5-3-7(10)4-6-8/h3-6H,2H2,1H3. The molecule has 0 amide bonds. The van der Waals surface area contributed by atoms with Gasteiger partial charge < -0.3 is 0 Å². The van der Waals surface area contributed by atoms with Crippen LogP contribution in [0.25, 0.3) is 0 Å². The first-order chi connectivity index (χ1) is 7.27. The molecule has 90 valence electrons. The Morgan fingerprint density at radius 3 is 2.12 bits per heavy atom. The van der Waals surface area contributed by atoms with Crippen molar-refractivity contribution in [3.8, 4) is 0 Å². The number of hydrogen-bond donors (Lipinski definition) is 0. The highest BCUT2D eigenvalue weighted by atomic mass is 35.7. The summed E-state index contributed by atoms with van der Waals surface area (Å²) in [6, 6.07) is 4.63. The number of halogens is 2. The van der Waals surface area contributed by atoms with Gasteiger partial charge in [0.05, 0.1) is 9.73 Å². The molecule has 0 aliphatic carbocycles. The van der Waals surface area contributed by atoms with E-state index in [0.717, 1.165) is 12.1 Å². The van der Waals surface area contributed by atoms with Gasteiger partial charge in [-0.1, -0.05) is 10.7 Å². The highest BCUT2D eigenvalue weighted by molar-refractivity contribution is 8.17. The number of rotatable bonds is 3. The van der Waals surface area contributed by atoms with Gasteiger partial charge in [0.2, 0.25) is 0 Å². The van der Waals surface area contributed by atoms with Crippen molar-refractivity contribution < 1.29 is 17.0 Å². The third-order valence-electron chi connectivity index (χ3n) is 1.78. The average Bonchev–Trinajstić information content (AvgIpc) is 2.16. The Balaban J connectivity index is 3.43. The van der Waals surface area contributed by atoms with Gasteiger partial charge in [-0.25, -0.2) is 8.60 Å². The average molecular weight is 286 g/mol. The van der Waals surface area contributed by atoms with E-state index in [1.807, 2.05) is 0 Å². The molecule has 0 saturated heterocycles. The van der Waals surface area contributed by atoms with Crippen LogP contribution in [-0.4, -0.2) is 18.4 Å². The number of hydrogen-bond acceptors (Lipinski definition) is 3. The zero-order valence-electron chi connectivity index (χ0n) is 8.26. The van der Waals surface area contributed by atoms with Crippen molar-refractivity contribution in [2.75, 3.05) is 5.75 Å². The summed E-state index contributed by atoms with van der Waals surface area (Å²) in [7, 11) is -2.44. The molecule has 0 spiro atoms. The minimum Gasteiger partial charge on any atom is -0.244 e. The molecular formula is C8H9ClFNO3S2. The van der Waals surface area contributed by atoms with Crippen LogP contribution in [0.5, 0.6) is 0 Å². The molecule has 0 heterocycles. The number of benzene rings is 1. The second-order valence-corrected chi connectivity index (χ2v) is 7.79. The molecule has 1 aromatic rings. The van der Waals surface area contributed by atoms with Gasteiger partial charge in [0.15, 0.2) is 0 Å². The first-order valence-electron chi connectivity index (χ1n) is 4.23. The summed E-state index contributed by atoms with van der Waals surface area (Å²) in [6.45, 7) is 1.51. The zero-order chi connectivity index (χ0) is 12.4. The maximum atomic E-state index is 12.6. The van der Waals surface area contributed by atoms with Crippen molar-refractivity contribution >= 4 is 29.6 Å². The Morgan fingerprint density at radius 2 is 1.75 bits per heavy atom. The lowest BCUT2D eigenvalue weighted by molar-refractivity contribution is 0.611. The van der Waals surface area contributed by atoms with Gasteiger partial charge in [0.25, 0.3) is 0 Å². The van der Waals surface area contributed by atoms with Crippen LogP contribution in [0.4, 0.5) is 4.39 Å². The molecule has 1 rings (SSSR count). The second-order valence-electron chi connectivity index (χ2n) is 2.87. The van der Waals surface area contributed by atoms with Crippen LogP contribution >= 0.6 is 10.7 Å². The molecule has 16 heavy (non-hydrogen) atoms. The Morgan fingerprint density at radius 1 is 1.25 bits per heavy atom. The molecular weight excluding hydrogens is 277 g/mol. The number of nitrogens with zero attached hydrogens (tertiary/aromatic N) is 1. The van der Waals surface area contributed by atoms with E-state index in [0.29, 0.717) is 0 Å². The van der Waals surface area contributed by atoms with Crippen LogP contribution in [-0.2, 0) is 19.0 Å². The van der Waals surface area contributed by atoms with E-state index in [1.165, 1.54) is 19.1 Å². The zero-order valence-corrected chi connectivity index (χ0v) is 10.6. The predicted molar refractivity (Wildman–Crippen MR) is 60.6 cm³/mol. The van der Waals surface area contributed by atoms with E-state index in [9.17, 15) is 17.0 Å². The molecule has 1 unspecified atom stereocenters. The molecule has 0 N–H and O–H groups in total. The van der Waals surface area contributed by atoms with Crippen LogP contribution in [0.3, 0.4) is 0 Å². The van der Waals surface area contributed by atoms with Gasteiger partial charge in [-0.05, 0) is 24.3 Å². The molecule has 1 atom stereocenters. The summed E-state index contributed by atoms with van der Waals surface area (Å²) in [5.74, 6) is -0.528. The van der Waals surface area contributed by atoms with Crippen LogP contribution in [0.15, 0.2) is 32.9 Å². The third-order valence-corrected chi connectivity index (χ3v) is 5.76. The minimum atomic E-state index is -4.22. The van der Waals surface area contributed by atoms with Crippen molar-refractivity contribution in [3.05, 3.63) is 30.1 Å². The summed E-state index contributed by atoms with van der Waals surface area (Å²) in [6.07, 6.45) is 0. The fraction of sp³-hybridized carbons (Fsp3) is 0.250. The summed E-state index contributed by atoms with van der Waals surface area (Å²) in [5, 5.41) is 0. The lowest BCUT2D eigenvalue weighted by atomic mass is 10.4. The summed E-state index contributed by atoms with van der Waals surface area (Å²) < 4.78 is 49.5. The summed E-state index contributed by atoms with van der Waals surface area (Å²) in [5.41, 5.74) is 0. The molecule has 1 aromatic carbocycles. The summed E-state index contributed by atoms with van der Waals surface area (Å²) in [4.78, 5) is 0.139. The minimum absolute atomic E-state index is 0.0232. The third kappa shape index (κ3) is 3.43. The highest BCUT2D eigenvalue weighted by Crippen LogP contribution is 2.17. The van der Waals surface area contributed by atoms with Crippen LogP contribution < -0.4 is 0 Å². The fourth-order valence-electron chi connectivity index (χ4n) is 1.05. The molecule has 0 aliphatic heterocycles. The van der Waals surface area contributed by atoms with Crippen molar-refractivity contribution in [2.45, 2.75) is 11.8 Å². The van der Waals surface area contributed by atoms with Crippen LogP contribution in [0.1, 0.15) is 6.92 Å². The predicted octanol–water partition coefficient (Wildman–Crippen LogP) is 2.16. The van der Waals surface area contributed by atoms with Gasteiger partial charge in [0.1, 0.15) is 5.82 Å². The normalized spacial score (nSPS) is 15.4. The van der Waals surface area contributed by atoms with E-state index in [2.05, 4.69) is 3.77 Å². The second kappa shape index (κ2) is 4.68. The molecule has 0 aliphatic rings. The van der Waals surface area contributed by atoms with Crippen molar-refractivity contribution in [2.24, 2.45) is 3.77 Å². The van der Waals surface area contributed by atoms with E-state index >= 15 is 0 Å². The first-order valence-corrected chi connectivity index (χ1v) is 8.18. The largest absolute Gasteiger partial charge is 0.347 e. The lowest BCUT2D eigenvalue weighted by Crippen LogP contribution is -2.06. The Labute approximate surface area is 98.2 Å². The fourth-order valence-corrected chi connectivity index (χ4v) is 4.68. The van der Waals surface area contributed by atoms with Crippen LogP contribution in [0.2, 0.25) is 0 Å². The highest BCUT2D eigenvalue weighted by Gasteiger charge is 2.15. The maximum Gasteiger partial charge on any atom is 0.347 e. The first kappa shape index (κ1) is 13.4. The quantitative estimate of drug-likeness (QED) is 0.800. The Hall–Kier alpha value is -0.660.